The Morgan fingerprint density at radius 3 is 2.67 bits per heavy atom. The van der Waals surface area contributed by atoms with Gasteiger partial charge in [-0.2, -0.15) is 13.2 Å². The third-order valence-electron chi connectivity index (χ3n) is 4.08. The van der Waals surface area contributed by atoms with Gasteiger partial charge in [-0.05, 0) is 43.4 Å². The van der Waals surface area contributed by atoms with Crippen molar-refractivity contribution in [2.24, 2.45) is 0 Å². The molecule has 1 unspecified atom stereocenters. The van der Waals surface area contributed by atoms with Crippen molar-refractivity contribution in [2.45, 2.75) is 56.6 Å². The summed E-state index contributed by atoms with van der Waals surface area (Å²) in [6.07, 6.45) is 0.728. The number of alkyl halides is 4. The molecule has 1 atom stereocenters. The summed E-state index contributed by atoms with van der Waals surface area (Å²) < 4.78 is 40.2. The number of anilines is 1. The number of piperidine rings is 1. The van der Waals surface area contributed by atoms with E-state index in [0.717, 1.165) is 38.6 Å². The monoisotopic (exact) mass is 363 g/mol. The molecule has 1 fully saturated rings. The zero-order valence-corrected chi connectivity index (χ0v) is 13.8. The molecule has 1 aromatic rings. The van der Waals surface area contributed by atoms with Crippen LogP contribution in [0.15, 0.2) is 18.2 Å². The van der Waals surface area contributed by atoms with Crippen LogP contribution in [0.2, 0.25) is 0 Å². The van der Waals surface area contributed by atoms with Gasteiger partial charge < -0.3 is 4.90 Å². The number of hydrogen-bond donors (Lipinski definition) is 0. The molecule has 0 N–H and O–H groups in total. The topological polar surface area (TPSA) is 3.24 Å². The largest absolute Gasteiger partial charge is 0.418 e. The van der Waals surface area contributed by atoms with E-state index in [0.29, 0.717) is 16.6 Å². The molecule has 0 radical (unpaired) electrons. The Morgan fingerprint density at radius 2 is 2.05 bits per heavy atom. The minimum Gasteiger partial charge on any atom is -0.368 e. The van der Waals surface area contributed by atoms with Crippen LogP contribution in [0.1, 0.15) is 50.2 Å². The first kappa shape index (κ1) is 16.7. The number of benzene rings is 1. The zero-order valence-electron chi connectivity index (χ0n) is 12.2. The molecule has 1 saturated heterocycles. The molecular formula is C16H21BrF3N. The summed E-state index contributed by atoms with van der Waals surface area (Å²) >= 11 is 3.23. The second-order valence-electron chi connectivity index (χ2n) is 5.61. The Labute approximate surface area is 132 Å². The number of hydrogen-bond acceptors (Lipinski definition) is 1. The van der Waals surface area contributed by atoms with E-state index in [-0.39, 0.29) is 6.04 Å². The van der Waals surface area contributed by atoms with Gasteiger partial charge in [0, 0.05) is 23.6 Å². The highest BCUT2D eigenvalue weighted by molar-refractivity contribution is 9.08. The van der Waals surface area contributed by atoms with Gasteiger partial charge in [0.05, 0.1) is 5.56 Å². The lowest BCUT2D eigenvalue weighted by atomic mass is 9.96. The average molecular weight is 364 g/mol. The molecule has 1 aliphatic heterocycles. The summed E-state index contributed by atoms with van der Waals surface area (Å²) in [6, 6.07) is 4.95. The van der Waals surface area contributed by atoms with E-state index in [1.165, 1.54) is 6.07 Å². The molecule has 2 rings (SSSR count). The SMILES string of the molecule is CCCC1CCCCN1c1ccc(CBr)cc1C(F)(F)F. The van der Waals surface area contributed by atoms with Gasteiger partial charge in [0.1, 0.15) is 0 Å². The lowest BCUT2D eigenvalue weighted by Gasteiger charge is -2.39. The van der Waals surface area contributed by atoms with Crippen molar-refractivity contribution in [3.63, 3.8) is 0 Å². The summed E-state index contributed by atoms with van der Waals surface area (Å²) in [5.41, 5.74) is 0.517. The lowest BCUT2D eigenvalue weighted by molar-refractivity contribution is -0.137. The second-order valence-corrected chi connectivity index (χ2v) is 6.18. The fraction of sp³-hybridized carbons (Fsp3) is 0.625. The standard InChI is InChI=1S/C16H21BrF3N/c1-2-5-13-6-3-4-9-21(13)15-8-7-12(11-17)10-14(15)16(18,19)20/h7-8,10,13H,2-6,9,11H2,1H3. The first-order valence-electron chi connectivity index (χ1n) is 7.50. The molecular weight excluding hydrogens is 343 g/mol. The van der Waals surface area contributed by atoms with Crippen molar-refractivity contribution in [3.8, 4) is 0 Å². The Kier molecular flexibility index (Phi) is 5.58. The highest BCUT2D eigenvalue weighted by Crippen LogP contribution is 2.40. The van der Waals surface area contributed by atoms with Gasteiger partial charge in [-0.25, -0.2) is 0 Å². The van der Waals surface area contributed by atoms with Crippen LogP contribution in [0.5, 0.6) is 0 Å². The van der Waals surface area contributed by atoms with Gasteiger partial charge in [-0.15, -0.1) is 0 Å². The molecule has 0 spiro atoms. The van der Waals surface area contributed by atoms with Crippen LogP contribution in [-0.4, -0.2) is 12.6 Å². The van der Waals surface area contributed by atoms with Crippen LogP contribution in [0, 0.1) is 0 Å². The van der Waals surface area contributed by atoms with Crippen LogP contribution in [0.4, 0.5) is 18.9 Å². The quantitative estimate of drug-likeness (QED) is 0.614. The molecule has 0 saturated carbocycles. The van der Waals surface area contributed by atoms with Crippen molar-refractivity contribution in [1.29, 1.82) is 0 Å². The summed E-state index contributed by atoms with van der Waals surface area (Å²) in [4.78, 5) is 1.98. The first-order chi connectivity index (χ1) is 9.97. The fourth-order valence-corrected chi connectivity index (χ4v) is 3.44. The molecule has 1 aromatic carbocycles. The van der Waals surface area contributed by atoms with Crippen LogP contribution in [-0.2, 0) is 11.5 Å². The molecule has 0 aromatic heterocycles. The molecule has 1 heterocycles. The molecule has 0 amide bonds. The third-order valence-corrected chi connectivity index (χ3v) is 4.73. The molecule has 118 valence electrons. The predicted molar refractivity (Wildman–Crippen MR) is 84.0 cm³/mol. The van der Waals surface area contributed by atoms with E-state index >= 15 is 0 Å². The zero-order chi connectivity index (χ0) is 15.5. The Morgan fingerprint density at radius 1 is 1.29 bits per heavy atom. The maximum atomic E-state index is 13.4. The molecule has 0 bridgehead atoms. The van der Waals surface area contributed by atoms with Gasteiger partial charge in [0.2, 0.25) is 0 Å². The molecule has 5 heteroatoms. The number of rotatable bonds is 4. The van der Waals surface area contributed by atoms with E-state index < -0.39 is 11.7 Å². The minimum atomic E-state index is -4.30. The molecule has 21 heavy (non-hydrogen) atoms. The van der Waals surface area contributed by atoms with E-state index in [1.807, 2.05) is 4.90 Å². The maximum absolute atomic E-state index is 13.4. The Bertz CT molecular complexity index is 471. The third kappa shape index (κ3) is 3.93. The first-order valence-corrected chi connectivity index (χ1v) is 8.62. The van der Waals surface area contributed by atoms with Crippen LogP contribution in [0.25, 0.3) is 0 Å². The van der Waals surface area contributed by atoms with Gasteiger partial charge in [0.15, 0.2) is 0 Å². The van der Waals surface area contributed by atoms with Crippen molar-refractivity contribution < 1.29 is 13.2 Å². The summed E-state index contributed by atoms with van der Waals surface area (Å²) in [5.74, 6) is 0. The summed E-state index contributed by atoms with van der Waals surface area (Å²) in [5, 5.41) is 0.439. The van der Waals surface area contributed by atoms with Crippen LogP contribution in [0.3, 0.4) is 0 Å². The van der Waals surface area contributed by atoms with E-state index in [9.17, 15) is 13.2 Å². The fourth-order valence-electron chi connectivity index (χ4n) is 3.09. The number of halogens is 4. The van der Waals surface area contributed by atoms with Crippen LogP contribution < -0.4 is 4.90 Å². The lowest BCUT2D eigenvalue weighted by Crippen LogP contribution is -2.40. The van der Waals surface area contributed by atoms with Crippen molar-refractivity contribution >= 4 is 21.6 Å². The van der Waals surface area contributed by atoms with Gasteiger partial charge in [-0.3, -0.25) is 0 Å². The highest BCUT2D eigenvalue weighted by atomic mass is 79.9. The van der Waals surface area contributed by atoms with Crippen molar-refractivity contribution in [2.75, 3.05) is 11.4 Å². The predicted octanol–water partition coefficient (Wildman–Crippen LogP) is 5.76. The smallest absolute Gasteiger partial charge is 0.368 e. The summed E-state index contributed by atoms with van der Waals surface area (Å²) in [7, 11) is 0. The molecule has 1 nitrogen and oxygen atoms in total. The second kappa shape index (κ2) is 7.03. The highest BCUT2D eigenvalue weighted by Gasteiger charge is 2.36. The van der Waals surface area contributed by atoms with E-state index in [1.54, 1.807) is 12.1 Å². The van der Waals surface area contributed by atoms with Gasteiger partial charge in [0.25, 0.3) is 0 Å². The molecule has 0 aliphatic carbocycles. The number of nitrogens with zero attached hydrogens (tertiary/aromatic N) is 1. The minimum absolute atomic E-state index is 0.236. The van der Waals surface area contributed by atoms with Gasteiger partial charge >= 0.3 is 6.18 Å². The van der Waals surface area contributed by atoms with E-state index in [2.05, 4.69) is 22.9 Å². The van der Waals surface area contributed by atoms with Gasteiger partial charge in [-0.1, -0.05) is 35.3 Å². The Balaban J connectivity index is 2.41. The van der Waals surface area contributed by atoms with Crippen molar-refractivity contribution in [1.82, 2.24) is 0 Å². The maximum Gasteiger partial charge on any atom is 0.418 e. The Hall–Kier alpha value is -0.710. The van der Waals surface area contributed by atoms with Crippen molar-refractivity contribution in [3.05, 3.63) is 29.3 Å². The summed E-state index contributed by atoms with van der Waals surface area (Å²) in [6.45, 7) is 2.81. The normalized spacial score (nSPS) is 19.9. The van der Waals surface area contributed by atoms with Crippen LogP contribution >= 0.6 is 15.9 Å². The molecule has 1 aliphatic rings. The van der Waals surface area contributed by atoms with E-state index in [4.69, 9.17) is 0 Å². The average Bonchev–Trinajstić information content (AvgIpc) is 2.47.